The van der Waals surface area contributed by atoms with E-state index < -0.39 is 17.4 Å². The molecule has 15 heavy (non-hydrogen) atoms. The van der Waals surface area contributed by atoms with Gasteiger partial charge in [-0.05, 0) is 0 Å². The van der Waals surface area contributed by atoms with Crippen molar-refractivity contribution in [3.05, 3.63) is 21.5 Å². The molecule has 0 aliphatic heterocycles. The molecule has 0 heterocycles. The van der Waals surface area contributed by atoms with Crippen LogP contribution in [0.2, 0.25) is 8.76 Å². The van der Waals surface area contributed by atoms with Crippen LogP contribution in [0.4, 0.5) is 0 Å². The van der Waals surface area contributed by atoms with E-state index in [0.717, 1.165) is 9.70 Å². The predicted octanol–water partition coefficient (Wildman–Crippen LogP) is 2.11. The molecule has 0 aromatic heterocycles. The van der Waals surface area contributed by atoms with Gasteiger partial charge in [0.2, 0.25) is 0 Å². The normalized spacial score (nSPS) is 15.3. The minimum atomic E-state index is -3.73. The van der Waals surface area contributed by atoms with Crippen molar-refractivity contribution in [2.45, 2.75) is 21.6 Å². The van der Waals surface area contributed by atoms with Crippen molar-refractivity contribution in [2.24, 2.45) is 0 Å². The van der Waals surface area contributed by atoms with Crippen LogP contribution in [0.1, 0.15) is 12.8 Å². The van der Waals surface area contributed by atoms with Crippen LogP contribution < -0.4 is 0 Å². The molecular weight excluding hydrogens is 330 g/mol. The molecule has 0 bridgehead atoms. The molecule has 0 saturated heterocycles. The van der Waals surface area contributed by atoms with Gasteiger partial charge in [-0.15, -0.1) is 24.8 Å². The Balaban J connectivity index is 0. The molecule has 1 rings (SSSR count). The Labute approximate surface area is 106 Å². The summed E-state index contributed by atoms with van der Waals surface area (Å²) < 4.78 is 16.4. The predicted molar refractivity (Wildman–Crippen MR) is 67.9 cm³/mol. The summed E-state index contributed by atoms with van der Waals surface area (Å²) in [5.74, 6) is 0. The Morgan fingerprint density at radius 3 is 2.53 bits per heavy atom. The molecule has 0 aromatic carbocycles. The van der Waals surface area contributed by atoms with E-state index in [2.05, 4.69) is 6.08 Å². The van der Waals surface area contributed by atoms with Crippen molar-refractivity contribution in [1.29, 1.82) is 0 Å². The van der Waals surface area contributed by atoms with Gasteiger partial charge in [0.05, 0.1) is 0 Å². The van der Waals surface area contributed by atoms with E-state index in [1.54, 1.807) is 6.88 Å². The van der Waals surface area contributed by atoms with Crippen LogP contribution >= 0.6 is 24.8 Å². The summed E-state index contributed by atoms with van der Waals surface area (Å²) in [6.07, 6.45) is 7.57. The molecule has 0 radical (unpaired) electrons. The molecule has 6 heteroatoms. The molecule has 1 aliphatic rings. The van der Waals surface area contributed by atoms with Crippen molar-refractivity contribution in [3.8, 4) is 0 Å². The molecule has 89 valence electrons. The number of allylic oxidation sites excluding steroid dienone is 4. The molecule has 0 amide bonds. The van der Waals surface area contributed by atoms with E-state index in [0.29, 0.717) is 10.5 Å². The minimum absolute atomic E-state index is 0. The van der Waals surface area contributed by atoms with Crippen LogP contribution in [0.25, 0.3) is 0 Å². The van der Waals surface area contributed by atoms with Gasteiger partial charge in [-0.2, -0.15) is 0 Å². The second-order valence-electron chi connectivity index (χ2n) is 4.31. The van der Waals surface area contributed by atoms with Crippen LogP contribution in [0, 0.1) is 0 Å². The zero-order chi connectivity index (χ0) is 9.97. The van der Waals surface area contributed by atoms with Gasteiger partial charge >= 0.3 is 81.9 Å². The topological polar surface area (TPSA) is 37.3 Å². The second-order valence-corrected chi connectivity index (χ2v) is 28.7. The Hall–Kier alpha value is 0.920. The number of hydrogen-bond donors (Lipinski definition) is 1. The molecule has 0 fully saturated rings. The molecule has 0 aromatic rings. The van der Waals surface area contributed by atoms with Crippen LogP contribution in [0.3, 0.4) is 0 Å². The van der Waals surface area contributed by atoms with Crippen LogP contribution in [0.5, 0.6) is 0 Å². The number of hydrogen-bond acceptors (Lipinski definition) is 2. The van der Waals surface area contributed by atoms with Gasteiger partial charge < -0.3 is 0 Å². The van der Waals surface area contributed by atoms with Crippen molar-refractivity contribution >= 4 is 31.7 Å². The Morgan fingerprint density at radius 2 is 2.13 bits per heavy atom. The zero-order valence-electron chi connectivity index (χ0n) is 8.94. The summed E-state index contributed by atoms with van der Waals surface area (Å²) in [6.45, 7) is 1.85. The molecular formula is C9H19Cl2O2SiZr. The number of rotatable bonds is 4. The van der Waals surface area contributed by atoms with Gasteiger partial charge in [0.25, 0.3) is 0 Å². The fourth-order valence-corrected chi connectivity index (χ4v) is 11.3. The summed E-state index contributed by atoms with van der Waals surface area (Å²) in [7, 11) is 0. The van der Waals surface area contributed by atoms with E-state index >= 15 is 0 Å². The van der Waals surface area contributed by atoms with Gasteiger partial charge in [0, 0.05) is 0 Å². The maximum absolute atomic E-state index is 12.6. The molecule has 0 saturated carbocycles. The van der Waals surface area contributed by atoms with Gasteiger partial charge in [0.15, 0.2) is 0 Å². The van der Waals surface area contributed by atoms with Crippen molar-refractivity contribution in [3.63, 3.8) is 0 Å². The van der Waals surface area contributed by atoms with E-state index in [1.165, 1.54) is 0 Å². The number of aliphatic hydroxyl groups excluding tert-OH is 1. The van der Waals surface area contributed by atoms with Gasteiger partial charge in [0.1, 0.15) is 0 Å². The van der Waals surface area contributed by atoms with Crippen LogP contribution in [-0.4, -0.2) is 18.6 Å². The van der Waals surface area contributed by atoms with Crippen molar-refractivity contribution in [1.82, 2.24) is 0 Å². The molecule has 2 nitrogen and oxygen atoms in total. The Morgan fingerprint density at radius 1 is 1.53 bits per heavy atom. The molecule has 0 unspecified atom stereocenters. The zero-order valence-corrected chi connectivity index (χ0v) is 14.4. The maximum atomic E-state index is 12.6. The average molecular weight is 349 g/mol. The van der Waals surface area contributed by atoms with Crippen LogP contribution in [0.15, 0.2) is 21.5 Å². The number of halogens is 2. The third-order valence-corrected chi connectivity index (χ3v) is 16.9. The first-order valence-electron chi connectivity index (χ1n) is 4.69. The third kappa shape index (κ3) is 5.18. The van der Waals surface area contributed by atoms with Crippen molar-refractivity contribution < 1.29 is 25.3 Å². The summed E-state index contributed by atoms with van der Waals surface area (Å²) >= 11 is -3.73. The molecule has 0 atom stereocenters. The van der Waals surface area contributed by atoms with Gasteiger partial charge in [-0.25, -0.2) is 0 Å². The standard InChI is InChI=1S/C5H5.C3H7O.CH3.2ClH.O.H2Si.Zr/c1-2-4-5-3-1;1-2-3-4;;;;;;/h1-3H,4H2;4H,1-3H2;1H3;2*1H;;1H2;. The second kappa shape index (κ2) is 6.61. The van der Waals surface area contributed by atoms with Gasteiger partial charge in [-0.1, -0.05) is 0 Å². The SMILES string of the molecule is Cl.Cl.[CH3][Zr](=[O])(=[SiH2])([CH2]CCO)[C]1=CC=CC1. The Kier molecular flexibility index (Phi) is 8.05. The average Bonchev–Trinajstić information content (AvgIpc) is 2.53. The fraction of sp³-hybridized carbons (Fsp3) is 0.556. The summed E-state index contributed by atoms with van der Waals surface area (Å²) in [4.78, 5) is 0. The first kappa shape index (κ1) is 18.3. The van der Waals surface area contributed by atoms with E-state index in [1.807, 2.05) is 16.8 Å². The van der Waals surface area contributed by atoms with E-state index in [9.17, 15) is 2.81 Å². The van der Waals surface area contributed by atoms with Crippen molar-refractivity contribution in [2.75, 3.05) is 6.61 Å². The Bertz CT molecular complexity index is 381. The summed E-state index contributed by atoms with van der Waals surface area (Å²) in [6, 6.07) is 0. The van der Waals surface area contributed by atoms with E-state index in [4.69, 9.17) is 5.11 Å². The first-order valence-corrected chi connectivity index (χ1v) is 17.0. The quantitative estimate of drug-likeness (QED) is 0.790. The van der Waals surface area contributed by atoms with Gasteiger partial charge in [-0.3, -0.25) is 0 Å². The summed E-state index contributed by atoms with van der Waals surface area (Å²) in [5.41, 5.74) is 0. The molecule has 0 spiro atoms. The first-order chi connectivity index (χ1) is 5.94. The summed E-state index contributed by atoms with van der Waals surface area (Å²) in [5, 5.41) is 8.75. The fourth-order valence-electron chi connectivity index (χ4n) is 1.67. The molecule has 1 N–H and O–H groups in total. The number of aliphatic hydroxyl groups is 1. The van der Waals surface area contributed by atoms with E-state index in [-0.39, 0.29) is 31.4 Å². The van der Waals surface area contributed by atoms with Crippen LogP contribution in [-0.2, 0) is 20.2 Å². The molecule has 1 aliphatic carbocycles. The monoisotopic (exact) mass is 347 g/mol. The third-order valence-electron chi connectivity index (χ3n) is 2.67.